The van der Waals surface area contributed by atoms with Gasteiger partial charge < -0.3 is 9.47 Å². The number of rotatable bonds is 5. The van der Waals surface area contributed by atoms with Crippen molar-refractivity contribution in [1.82, 2.24) is 10.9 Å². The van der Waals surface area contributed by atoms with Crippen LogP contribution in [0.4, 0.5) is 0 Å². The maximum Gasteiger partial charge on any atom is 0.348 e. The first-order chi connectivity index (χ1) is 15.0. The fourth-order valence-electron chi connectivity index (χ4n) is 3.35. The lowest BCUT2D eigenvalue weighted by Gasteiger charge is -2.15. The van der Waals surface area contributed by atoms with Gasteiger partial charge in [0.15, 0.2) is 6.61 Å². The van der Waals surface area contributed by atoms with Crippen LogP contribution in [0.1, 0.15) is 31.2 Å². The quantitative estimate of drug-likeness (QED) is 0.473. The van der Waals surface area contributed by atoms with Crippen LogP contribution in [0.5, 0.6) is 5.75 Å². The lowest BCUT2D eigenvalue weighted by Crippen LogP contribution is -2.43. The monoisotopic (exact) mass is 436 g/mol. The molecule has 0 fully saturated rings. The van der Waals surface area contributed by atoms with Crippen LogP contribution in [0.25, 0.3) is 10.4 Å². The number of thiophene rings is 1. The normalized spacial score (nSPS) is 11.6. The van der Waals surface area contributed by atoms with Crippen molar-refractivity contribution in [2.24, 2.45) is 0 Å². The van der Waals surface area contributed by atoms with Gasteiger partial charge in [-0.25, -0.2) is 4.79 Å². The second kappa shape index (κ2) is 9.01. The molecule has 2 N–H and O–H groups in total. The summed E-state index contributed by atoms with van der Waals surface area (Å²) >= 11 is 1.37. The highest BCUT2D eigenvalue weighted by Gasteiger charge is 2.22. The van der Waals surface area contributed by atoms with E-state index < -0.39 is 24.4 Å². The van der Waals surface area contributed by atoms with E-state index in [9.17, 15) is 14.4 Å². The number of fused-ring (bicyclic) bond motifs is 3. The summed E-state index contributed by atoms with van der Waals surface area (Å²) in [7, 11) is 1.53. The van der Waals surface area contributed by atoms with E-state index in [4.69, 9.17) is 9.47 Å². The predicted octanol–water partition coefficient (Wildman–Crippen LogP) is 3.14. The average molecular weight is 436 g/mol. The number of amides is 2. The van der Waals surface area contributed by atoms with Gasteiger partial charge in [0.25, 0.3) is 11.8 Å². The first-order valence-corrected chi connectivity index (χ1v) is 10.5. The van der Waals surface area contributed by atoms with Crippen LogP contribution in [0.2, 0.25) is 0 Å². The topological polar surface area (TPSA) is 93.7 Å². The molecule has 2 amide bonds. The third-order valence-corrected chi connectivity index (χ3v) is 6.13. The molecular formula is C23H20N2O5S. The minimum atomic E-state index is -0.637. The number of esters is 1. The third-order valence-electron chi connectivity index (χ3n) is 4.94. The molecule has 8 heteroatoms. The first-order valence-electron chi connectivity index (χ1n) is 9.66. The molecule has 0 radical (unpaired) electrons. The molecule has 4 rings (SSSR count). The molecular weight excluding hydrogens is 416 g/mol. The molecule has 0 unspecified atom stereocenters. The van der Waals surface area contributed by atoms with Crippen LogP contribution in [-0.4, -0.2) is 31.5 Å². The molecule has 0 atom stereocenters. The minimum Gasteiger partial charge on any atom is -0.497 e. The Morgan fingerprint density at radius 2 is 1.71 bits per heavy atom. The second-order valence-corrected chi connectivity index (χ2v) is 7.98. The summed E-state index contributed by atoms with van der Waals surface area (Å²) in [6.45, 7) is -0.499. The van der Waals surface area contributed by atoms with E-state index >= 15 is 0 Å². The van der Waals surface area contributed by atoms with Gasteiger partial charge in [-0.3, -0.25) is 20.4 Å². The highest BCUT2D eigenvalue weighted by atomic mass is 32.1. The molecule has 1 heterocycles. The van der Waals surface area contributed by atoms with Crippen molar-refractivity contribution < 1.29 is 23.9 Å². The van der Waals surface area contributed by atoms with Gasteiger partial charge in [0.05, 0.1) is 7.11 Å². The summed E-state index contributed by atoms with van der Waals surface area (Å²) in [5, 5.41) is 0. The van der Waals surface area contributed by atoms with Gasteiger partial charge in [-0.05, 0) is 59.9 Å². The Balaban J connectivity index is 1.30. The van der Waals surface area contributed by atoms with E-state index in [0.29, 0.717) is 16.2 Å². The molecule has 31 heavy (non-hydrogen) atoms. The molecule has 7 nitrogen and oxygen atoms in total. The molecule has 1 aromatic heterocycles. The van der Waals surface area contributed by atoms with Gasteiger partial charge in [-0.15, -0.1) is 11.3 Å². The molecule has 0 saturated carbocycles. The van der Waals surface area contributed by atoms with Crippen molar-refractivity contribution in [2.45, 2.75) is 12.8 Å². The van der Waals surface area contributed by atoms with E-state index in [1.165, 1.54) is 24.0 Å². The standard InChI is InChI=1S/C23H20N2O5S/c1-29-17-10-8-15(9-11-17)22(27)25-24-20(26)13-30-23(28)19-12-16-7-6-14-4-2-3-5-18(14)21(16)31-19/h2-5,8-12H,6-7,13H2,1H3,(H,24,26)(H,25,27). The van der Waals surface area contributed by atoms with Crippen LogP contribution >= 0.6 is 11.3 Å². The van der Waals surface area contributed by atoms with Crippen molar-refractivity contribution in [3.8, 4) is 16.2 Å². The van der Waals surface area contributed by atoms with Crippen molar-refractivity contribution in [3.05, 3.63) is 76.2 Å². The molecule has 0 spiro atoms. The maximum absolute atomic E-state index is 12.4. The van der Waals surface area contributed by atoms with Gasteiger partial charge in [0.2, 0.25) is 0 Å². The average Bonchev–Trinajstić information content (AvgIpc) is 3.26. The van der Waals surface area contributed by atoms with Crippen LogP contribution in [0.3, 0.4) is 0 Å². The third kappa shape index (κ3) is 4.59. The zero-order chi connectivity index (χ0) is 21.8. The summed E-state index contributed by atoms with van der Waals surface area (Å²) < 4.78 is 10.1. The van der Waals surface area contributed by atoms with Crippen molar-refractivity contribution in [3.63, 3.8) is 0 Å². The summed E-state index contributed by atoms with van der Waals surface area (Å²) in [6.07, 6.45) is 1.80. The molecule has 2 aromatic carbocycles. The summed E-state index contributed by atoms with van der Waals surface area (Å²) in [6, 6.07) is 16.4. The summed E-state index contributed by atoms with van der Waals surface area (Å²) in [4.78, 5) is 37.9. The van der Waals surface area contributed by atoms with Crippen LogP contribution in [0.15, 0.2) is 54.6 Å². The Hall–Kier alpha value is -3.65. The number of carbonyl (C=O) groups excluding carboxylic acids is 3. The number of benzene rings is 2. The Labute approximate surface area is 183 Å². The lowest BCUT2D eigenvalue weighted by atomic mass is 9.91. The SMILES string of the molecule is COc1ccc(C(=O)NNC(=O)COC(=O)c2cc3c(s2)-c2ccccc2CC3)cc1. The number of nitrogens with one attached hydrogen (secondary N) is 2. The molecule has 3 aromatic rings. The molecule has 158 valence electrons. The zero-order valence-electron chi connectivity index (χ0n) is 16.8. The van der Waals surface area contributed by atoms with Gasteiger partial charge in [0.1, 0.15) is 10.6 Å². The molecule has 0 aliphatic heterocycles. The molecule has 1 aliphatic rings. The van der Waals surface area contributed by atoms with Crippen LogP contribution < -0.4 is 15.6 Å². The summed E-state index contributed by atoms with van der Waals surface area (Å²) in [5.41, 5.74) is 8.40. The van der Waals surface area contributed by atoms with Crippen molar-refractivity contribution in [2.75, 3.05) is 13.7 Å². The number of carbonyl (C=O) groups is 3. The Bertz CT molecular complexity index is 1140. The number of hydrogen-bond acceptors (Lipinski definition) is 6. The van der Waals surface area contributed by atoms with Crippen molar-refractivity contribution >= 4 is 29.1 Å². The largest absolute Gasteiger partial charge is 0.497 e. The maximum atomic E-state index is 12.4. The first kappa shape index (κ1) is 20.6. The number of methoxy groups -OCH3 is 1. The van der Waals surface area contributed by atoms with Gasteiger partial charge in [-0.1, -0.05) is 24.3 Å². The van der Waals surface area contributed by atoms with Gasteiger partial charge in [-0.2, -0.15) is 0 Å². The van der Waals surface area contributed by atoms with E-state index in [0.717, 1.165) is 28.8 Å². The molecule has 1 aliphatic carbocycles. The van der Waals surface area contributed by atoms with Crippen LogP contribution in [0, 0.1) is 0 Å². The van der Waals surface area contributed by atoms with E-state index in [-0.39, 0.29) is 0 Å². The Morgan fingerprint density at radius 1 is 0.968 bits per heavy atom. The fraction of sp³-hybridized carbons (Fsp3) is 0.174. The Morgan fingerprint density at radius 3 is 2.48 bits per heavy atom. The molecule has 0 saturated heterocycles. The number of hydrogen-bond donors (Lipinski definition) is 2. The number of ether oxygens (including phenoxy) is 2. The highest BCUT2D eigenvalue weighted by Crippen LogP contribution is 2.39. The highest BCUT2D eigenvalue weighted by molar-refractivity contribution is 7.17. The summed E-state index contributed by atoms with van der Waals surface area (Å²) in [5.74, 6) is -1.08. The smallest absolute Gasteiger partial charge is 0.348 e. The number of hydrazine groups is 1. The van der Waals surface area contributed by atoms with E-state index in [2.05, 4.69) is 23.0 Å². The van der Waals surface area contributed by atoms with Crippen LogP contribution in [-0.2, 0) is 22.4 Å². The fourth-order valence-corrected chi connectivity index (χ4v) is 4.52. The Kier molecular flexibility index (Phi) is 5.99. The van der Waals surface area contributed by atoms with E-state index in [1.54, 1.807) is 24.3 Å². The van der Waals surface area contributed by atoms with Gasteiger partial charge in [0, 0.05) is 10.4 Å². The lowest BCUT2D eigenvalue weighted by molar-refractivity contribution is -0.125. The zero-order valence-corrected chi connectivity index (χ0v) is 17.6. The second-order valence-electron chi connectivity index (χ2n) is 6.93. The molecule has 0 bridgehead atoms. The van der Waals surface area contributed by atoms with Crippen molar-refractivity contribution in [1.29, 1.82) is 0 Å². The van der Waals surface area contributed by atoms with E-state index in [1.807, 2.05) is 18.2 Å². The minimum absolute atomic E-state index is 0.350. The predicted molar refractivity (Wildman–Crippen MR) is 116 cm³/mol. The number of aryl methyl sites for hydroxylation is 2. The van der Waals surface area contributed by atoms with Gasteiger partial charge >= 0.3 is 5.97 Å².